The second-order valence-corrected chi connectivity index (χ2v) is 5.67. The lowest BCUT2D eigenvalue weighted by molar-refractivity contribution is 0.124. The van der Waals surface area contributed by atoms with Crippen LogP contribution in [0.15, 0.2) is 0 Å². The van der Waals surface area contributed by atoms with E-state index in [1.165, 1.54) is 12.8 Å². The molecule has 3 heteroatoms. The van der Waals surface area contributed by atoms with E-state index in [0.717, 1.165) is 12.3 Å². The summed E-state index contributed by atoms with van der Waals surface area (Å²) in [6, 6.07) is -0.0895. The minimum atomic E-state index is -0.375. The Hall–Kier alpha value is -0.730. The van der Waals surface area contributed by atoms with Crippen molar-refractivity contribution in [2.45, 2.75) is 46.1 Å². The van der Waals surface area contributed by atoms with E-state index in [-0.39, 0.29) is 17.5 Å². The molecular weight excluding hydrogens is 176 g/mol. The Bertz CT molecular complexity index is 274. The number of nitrogens with two attached hydrogens (primary N) is 1. The lowest BCUT2D eigenvalue weighted by Gasteiger charge is -2.39. The quantitative estimate of drug-likeness (QED) is 0.661. The van der Waals surface area contributed by atoms with Crippen LogP contribution in [0.25, 0.3) is 0 Å². The summed E-state index contributed by atoms with van der Waals surface area (Å²) in [5.74, 6) is 0.754. The molecule has 2 aliphatic carbocycles. The van der Waals surface area contributed by atoms with E-state index in [4.69, 9.17) is 5.73 Å². The molecule has 0 aliphatic heterocycles. The molecule has 3 atom stereocenters. The topological polar surface area (TPSA) is 55.1 Å². The van der Waals surface area contributed by atoms with Gasteiger partial charge in [-0.15, -0.1) is 0 Å². The Balaban J connectivity index is 2.23. The molecule has 2 saturated carbocycles. The molecule has 0 heterocycles. The van der Waals surface area contributed by atoms with Gasteiger partial charge in [-0.1, -0.05) is 20.8 Å². The van der Waals surface area contributed by atoms with Gasteiger partial charge in [0.25, 0.3) is 0 Å². The molecule has 0 radical (unpaired) electrons. The predicted molar refractivity (Wildman–Crippen MR) is 55.7 cm³/mol. The van der Waals surface area contributed by atoms with Crippen molar-refractivity contribution in [3.8, 4) is 0 Å². The molecule has 3 N–H and O–H groups in total. The van der Waals surface area contributed by atoms with Gasteiger partial charge in [-0.05, 0) is 36.0 Å². The maximum Gasteiger partial charge on any atom is 0.312 e. The van der Waals surface area contributed by atoms with Crippen LogP contribution in [-0.4, -0.2) is 12.1 Å². The maximum atomic E-state index is 10.9. The highest BCUT2D eigenvalue weighted by Crippen LogP contribution is 2.65. The van der Waals surface area contributed by atoms with Crippen LogP contribution in [0.5, 0.6) is 0 Å². The van der Waals surface area contributed by atoms with Gasteiger partial charge in [0, 0.05) is 6.04 Å². The molecule has 2 aliphatic rings. The number of amides is 2. The second kappa shape index (κ2) is 2.65. The van der Waals surface area contributed by atoms with E-state index in [9.17, 15) is 4.79 Å². The molecule has 2 rings (SSSR count). The molecule has 2 fully saturated rings. The minimum Gasteiger partial charge on any atom is -0.352 e. The number of fused-ring (bicyclic) bond motifs is 2. The van der Waals surface area contributed by atoms with Gasteiger partial charge in [0.05, 0.1) is 0 Å². The standard InChI is InChI=1S/C11H20N2O/c1-10(2)7-4-5-11(10,3)8(6-7)13-9(12)14/h7-8H,4-6H2,1-3H3,(H3,12,13,14). The van der Waals surface area contributed by atoms with E-state index in [2.05, 4.69) is 26.1 Å². The van der Waals surface area contributed by atoms with Crippen molar-refractivity contribution < 1.29 is 4.79 Å². The highest BCUT2D eigenvalue weighted by molar-refractivity contribution is 5.72. The molecule has 3 nitrogen and oxygen atoms in total. The molecule has 0 aromatic heterocycles. The van der Waals surface area contributed by atoms with Crippen LogP contribution >= 0.6 is 0 Å². The summed E-state index contributed by atoms with van der Waals surface area (Å²) in [4.78, 5) is 10.9. The van der Waals surface area contributed by atoms with Crippen LogP contribution in [0.1, 0.15) is 40.0 Å². The van der Waals surface area contributed by atoms with Gasteiger partial charge in [-0.25, -0.2) is 4.79 Å². The summed E-state index contributed by atoms with van der Waals surface area (Å²) in [5, 5.41) is 2.91. The first-order valence-electron chi connectivity index (χ1n) is 5.44. The normalized spacial score (nSPS) is 43.9. The average Bonchev–Trinajstić information content (AvgIpc) is 2.35. The molecule has 0 saturated heterocycles. The zero-order valence-corrected chi connectivity index (χ0v) is 9.26. The molecule has 3 unspecified atom stereocenters. The molecule has 0 spiro atoms. The summed E-state index contributed by atoms with van der Waals surface area (Å²) < 4.78 is 0. The highest BCUT2D eigenvalue weighted by atomic mass is 16.2. The van der Waals surface area contributed by atoms with Gasteiger partial charge in [-0.3, -0.25) is 0 Å². The molecule has 2 amide bonds. The molecule has 80 valence electrons. The summed E-state index contributed by atoms with van der Waals surface area (Å²) in [7, 11) is 0. The minimum absolute atomic E-state index is 0.243. The zero-order valence-electron chi connectivity index (χ0n) is 9.26. The average molecular weight is 196 g/mol. The third kappa shape index (κ3) is 1.01. The Morgan fingerprint density at radius 3 is 2.43 bits per heavy atom. The Morgan fingerprint density at radius 2 is 2.07 bits per heavy atom. The number of nitrogens with one attached hydrogen (secondary N) is 1. The Labute approximate surface area is 85.4 Å². The number of rotatable bonds is 1. The van der Waals surface area contributed by atoms with Crippen molar-refractivity contribution in [1.29, 1.82) is 0 Å². The summed E-state index contributed by atoms with van der Waals surface area (Å²) in [6.07, 6.45) is 3.63. The monoisotopic (exact) mass is 196 g/mol. The molecule has 2 bridgehead atoms. The van der Waals surface area contributed by atoms with Crippen molar-refractivity contribution in [3.05, 3.63) is 0 Å². The van der Waals surface area contributed by atoms with Crippen molar-refractivity contribution in [2.24, 2.45) is 22.5 Å². The SMILES string of the molecule is CC1(C)C2CCC1(C)C(NC(N)=O)C2. The zero-order chi connectivity index (χ0) is 10.6. The first-order chi connectivity index (χ1) is 6.38. The first-order valence-corrected chi connectivity index (χ1v) is 5.44. The number of hydrogen-bond donors (Lipinski definition) is 2. The summed E-state index contributed by atoms with van der Waals surface area (Å²) >= 11 is 0. The fourth-order valence-corrected chi connectivity index (χ4v) is 3.59. The van der Waals surface area contributed by atoms with Crippen LogP contribution in [0, 0.1) is 16.7 Å². The predicted octanol–water partition coefficient (Wildman–Crippen LogP) is 1.87. The molecule has 0 aromatic rings. The van der Waals surface area contributed by atoms with E-state index in [1.807, 2.05) is 0 Å². The van der Waals surface area contributed by atoms with Gasteiger partial charge in [0.2, 0.25) is 0 Å². The fourth-order valence-electron chi connectivity index (χ4n) is 3.59. The van der Waals surface area contributed by atoms with E-state index < -0.39 is 0 Å². The van der Waals surface area contributed by atoms with Crippen LogP contribution < -0.4 is 11.1 Å². The number of carbonyl (C=O) groups is 1. The molecule has 0 aromatic carbocycles. The number of hydrogen-bond acceptors (Lipinski definition) is 1. The summed E-state index contributed by atoms with van der Waals surface area (Å²) in [6.45, 7) is 6.95. The van der Waals surface area contributed by atoms with Gasteiger partial charge < -0.3 is 11.1 Å². The van der Waals surface area contributed by atoms with Crippen LogP contribution in [0.2, 0.25) is 0 Å². The van der Waals surface area contributed by atoms with Gasteiger partial charge in [-0.2, -0.15) is 0 Å². The Morgan fingerprint density at radius 1 is 1.43 bits per heavy atom. The van der Waals surface area contributed by atoms with Crippen LogP contribution in [0.3, 0.4) is 0 Å². The molecular formula is C11H20N2O. The third-order valence-corrected chi connectivity index (χ3v) is 5.11. The largest absolute Gasteiger partial charge is 0.352 e. The van der Waals surface area contributed by atoms with Crippen LogP contribution in [0.4, 0.5) is 4.79 Å². The van der Waals surface area contributed by atoms with Crippen molar-refractivity contribution >= 4 is 6.03 Å². The van der Waals surface area contributed by atoms with E-state index >= 15 is 0 Å². The Kier molecular flexibility index (Phi) is 1.85. The van der Waals surface area contributed by atoms with E-state index in [1.54, 1.807) is 0 Å². The highest BCUT2D eigenvalue weighted by Gasteiger charge is 2.61. The number of urea groups is 1. The van der Waals surface area contributed by atoms with E-state index in [0.29, 0.717) is 5.41 Å². The first kappa shape index (κ1) is 9.81. The maximum absolute atomic E-state index is 10.9. The van der Waals surface area contributed by atoms with Gasteiger partial charge in [0.15, 0.2) is 0 Å². The van der Waals surface area contributed by atoms with Crippen molar-refractivity contribution in [2.75, 3.05) is 0 Å². The van der Waals surface area contributed by atoms with Gasteiger partial charge in [0.1, 0.15) is 0 Å². The van der Waals surface area contributed by atoms with Crippen LogP contribution in [-0.2, 0) is 0 Å². The molecule has 14 heavy (non-hydrogen) atoms. The van der Waals surface area contributed by atoms with Crippen molar-refractivity contribution in [3.63, 3.8) is 0 Å². The van der Waals surface area contributed by atoms with Crippen molar-refractivity contribution in [1.82, 2.24) is 5.32 Å². The van der Waals surface area contributed by atoms with Gasteiger partial charge >= 0.3 is 6.03 Å². The lowest BCUT2D eigenvalue weighted by atomic mass is 9.69. The summed E-state index contributed by atoms with van der Waals surface area (Å²) in [5.41, 5.74) is 5.79. The number of primary amides is 1. The third-order valence-electron chi connectivity index (χ3n) is 5.11. The smallest absolute Gasteiger partial charge is 0.312 e. The fraction of sp³-hybridized carbons (Fsp3) is 0.909. The lowest BCUT2D eigenvalue weighted by Crippen LogP contribution is -2.48. The number of carbonyl (C=O) groups excluding carboxylic acids is 1. The second-order valence-electron chi connectivity index (χ2n) is 5.67.